The summed E-state index contributed by atoms with van der Waals surface area (Å²) in [7, 11) is 0. The summed E-state index contributed by atoms with van der Waals surface area (Å²) in [5.41, 5.74) is 2.68. The Bertz CT molecular complexity index is 393. The maximum absolute atomic E-state index is 7.62. The lowest BCUT2D eigenvalue weighted by atomic mass is 9.85. The number of rotatable bonds is 3. The molecule has 0 aromatic heterocycles. The second kappa shape index (κ2) is 9.14. The van der Waals surface area contributed by atoms with Crippen LogP contribution in [0.5, 0.6) is 0 Å². The van der Waals surface area contributed by atoms with Crippen LogP contribution in [0.1, 0.15) is 52.4 Å². The summed E-state index contributed by atoms with van der Waals surface area (Å²) in [6.07, 6.45) is 10.1. The molecule has 0 aromatic rings. The maximum Gasteiger partial charge on any atom is 0.0847 e. The number of aliphatic hydroxyl groups excluding tert-OH is 2. The molecule has 2 aliphatic carbocycles. The Morgan fingerprint density at radius 3 is 1.38 bits per heavy atom. The van der Waals surface area contributed by atoms with Crippen LogP contribution < -0.4 is 0 Å². The first-order valence-electron chi connectivity index (χ1n) is 9.29. The highest BCUT2D eigenvalue weighted by atomic mass is 16.6. The second-order valence-corrected chi connectivity index (χ2v) is 7.59. The van der Waals surface area contributed by atoms with Gasteiger partial charge in [0.25, 0.3) is 0 Å². The van der Waals surface area contributed by atoms with Crippen LogP contribution in [0.2, 0.25) is 0 Å². The van der Waals surface area contributed by atoms with Crippen LogP contribution in [0.3, 0.4) is 0 Å². The molecule has 4 rings (SSSR count). The van der Waals surface area contributed by atoms with Gasteiger partial charge in [0.05, 0.1) is 37.6 Å². The molecule has 24 heavy (non-hydrogen) atoms. The van der Waals surface area contributed by atoms with Crippen LogP contribution in [0, 0.1) is 11.8 Å². The quantitative estimate of drug-likeness (QED) is 0.612. The molecule has 2 N–H and O–H groups in total. The number of hydrogen-bond acceptors (Lipinski definition) is 4. The van der Waals surface area contributed by atoms with E-state index in [1.807, 2.05) is 0 Å². The van der Waals surface area contributed by atoms with Gasteiger partial charge in [-0.15, -0.1) is 0 Å². The number of allylic oxidation sites excluding steroid dienone is 2. The van der Waals surface area contributed by atoms with Gasteiger partial charge in [-0.25, -0.2) is 0 Å². The first-order chi connectivity index (χ1) is 11.5. The normalized spacial score (nSPS) is 38.2. The zero-order valence-corrected chi connectivity index (χ0v) is 15.2. The average molecular weight is 338 g/mol. The fourth-order valence-corrected chi connectivity index (χ4v) is 3.70. The maximum atomic E-state index is 7.62. The fraction of sp³-hybridized carbons (Fsp3) is 0.800. The highest BCUT2D eigenvalue weighted by Crippen LogP contribution is 2.42. The van der Waals surface area contributed by atoms with Gasteiger partial charge < -0.3 is 19.7 Å². The summed E-state index contributed by atoms with van der Waals surface area (Å²) in [4.78, 5) is 0. The van der Waals surface area contributed by atoms with Gasteiger partial charge in [-0.05, 0) is 64.2 Å². The first kappa shape index (κ1) is 19.6. The molecule has 2 saturated heterocycles. The van der Waals surface area contributed by atoms with E-state index in [9.17, 15) is 0 Å². The Labute approximate surface area is 146 Å². The zero-order chi connectivity index (χ0) is 17.7. The molecule has 4 aliphatic rings. The van der Waals surface area contributed by atoms with E-state index in [0.29, 0.717) is 24.4 Å². The minimum Gasteiger partial charge on any atom is -0.394 e. The number of epoxide rings is 2. The molecule has 4 heteroatoms. The molecule has 4 nitrogen and oxygen atoms in total. The molecule has 2 saturated carbocycles. The van der Waals surface area contributed by atoms with E-state index in [1.165, 1.54) is 49.7 Å². The number of ether oxygens (including phenoxy) is 2. The van der Waals surface area contributed by atoms with Crippen molar-refractivity contribution < 1.29 is 19.7 Å². The molecular formula is C20H34O4. The van der Waals surface area contributed by atoms with E-state index in [2.05, 4.69) is 27.0 Å². The van der Waals surface area contributed by atoms with E-state index < -0.39 is 0 Å². The van der Waals surface area contributed by atoms with Crippen molar-refractivity contribution in [2.75, 3.05) is 13.2 Å². The van der Waals surface area contributed by atoms with Crippen LogP contribution in [-0.2, 0) is 9.47 Å². The van der Waals surface area contributed by atoms with Gasteiger partial charge in [0, 0.05) is 0 Å². The molecule has 0 aromatic carbocycles. The molecule has 0 amide bonds. The Kier molecular flexibility index (Phi) is 7.48. The Balaban J connectivity index is 0.000000143. The molecule has 2 aliphatic heterocycles. The standard InChI is InChI=1S/2C9H14O.C2H6O2/c2*1-6(2)7-3-4-8-9(5-7)10-8;3-1-2-4/h2*7-9H,1,3-5H2,2H3;3-4H,1-2H2. The molecule has 138 valence electrons. The lowest BCUT2D eigenvalue weighted by molar-refractivity contribution is 0.186. The largest absolute Gasteiger partial charge is 0.394 e. The molecule has 6 atom stereocenters. The number of fused-ring (bicyclic) bond motifs is 2. The van der Waals surface area contributed by atoms with Gasteiger partial charge in [0.2, 0.25) is 0 Å². The fourth-order valence-electron chi connectivity index (χ4n) is 3.70. The van der Waals surface area contributed by atoms with Gasteiger partial charge in [0.1, 0.15) is 0 Å². The summed E-state index contributed by atoms with van der Waals surface area (Å²) in [5.74, 6) is 1.51. The third kappa shape index (κ3) is 5.99. The van der Waals surface area contributed by atoms with Crippen LogP contribution >= 0.6 is 0 Å². The Morgan fingerprint density at radius 2 is 1.12 bits per heavy atom. The topological polar surface area (TPSA) is 65.5 Å². The predicted octanol–water partition coefficient (Wildman–Crippen LogP) is 3.23. The third-order valence-electron chi connectivity index (χ3n) is 5.50. The van der Waals surface area contributed by atoms with Gasteiger partial charge >= 0.3 is 0 Å². The van der Waals surface area contributed by atoms with Gasteiger partial charge in [-0.1, -0.05) is 24.3 Å². The van der Waals surface area contributed by atoms with Gasteiger partial charge in [-0.3, -0.25) is 0 Å². The van der Waals surface area contributed by atoms with E-state index >= 15 is 0 Å². The van der Waals surface area contributed by atoms with E-state index in [4.69, 9.17) is 19.7 Å². The minimum atomic E-state index is -0.125. The van der Waals surface area contributed by atoms with Gasteiger partial charge in [0.15, 0.2) is 0 Å². The van der Waals surface area contributed by atoms with Crippen molar-refractivity contribution in [1.82, 2.24) is 0 Å². The zero-order valence-electron chi connectivity index (χ0n) is 15.2. The highest BCUT2D eigenvalue weighted by molar-refractivity contribution is 5.05. The summed E-state index contributed by atoms with van der Waals surface area (Å²) >= 11 is 0. The van der Waals surface area contributed by atoms with E-state index in [-0.39, 0.29) is 13.2 Å². The SMILES string of the molecule is C=C(C)C1CCC2OC2C1.C=C(C)C1CCC2OC2C1.OCCO. The smallest absolute Gasteiger partial charge is 0.0847 e. The first-order valence-corrected chi connectivity index (χ1v) is 9.29. The molecule has 4 fully saturated rings. The van der Waals surface area contributed by atoms with Crippen molar-refractivity contribution in [2.24, 2.45) is 11.8 Å². The third-order valence-corrected chi connectivity index (χ3v) is 5.50. The van der Waals surface area contributed by atoms with Crippen molar-refractivity contribution in [2.45, 2.75) is 76.8 Å². The van der Waals surface area contributed by atoms with Crippen molar-refractivity contribution >= 4 is 0 Å². The van der Waals surface area contributed by atoms with Crippen molar-refractivity contribution in [1.29, 1.82) is 0 Å². The van der Waals surface area contributed by atoms with Crippen molar-refractivity contribution in [3.8, 4) is 0 Å². The molecule has 6 unspecified atom stereocenters. The summed E-state index contributed by atoms with van der Waals surface area (Å²) in [6.45, 7) is 12.0. The van der Waals surface area contributed by atoms with Crippen LogP contribution in [0.4, 0.5) is 0 Å². The second-order valence-electron chi connectivity index (χ2n) is 7.59. The lowest BCUT2D eigenvalue weighted by Crippen LogP contribution is -2.13. The Hall–Kier alpha value is -0.680. The number of aliphatic hydroxyl groups is 2. The molecular weight excluding hydrogens is 304 g/mol. The average Bonchev–Trinajstić information content (AvgIpc) is 3.47. The van der Waals surface area contributed by atoms with Crippen LogP contribution in [0.25, 0.3) is 0 Å². The number of hydrogen-bond donors (Lipinski definition) is 2. The lowest BCUT2D eigenvalue weighted by Gasteiger charge is -2.18. The molecule has 0 radical (unpaired) electrons. The van der Waals surface area contributed by atoms with Crippen LogP contribution in [-0.4, -0.2) is 47.8 Å². The van der Waals surface area contributed by atoms with Crippen molar-refractivity contribution in [3.05, 3.63) is 24.3 Å². The molecule has 2 heterocycles. The van der Waals surface area contributed by atoms with Crippen LogP contribution in [0.15, 0.2) is 24.3 Å². The monoisotopic (exact) mass is 338 g/mol. The Morgan fingerprint density at radius 1 is 0.750 bits per heavy atom. The highest BCUT2D eigenvalue weighted by Gasteiger charge is 2.44. The summed E-state index contributed by atoms with van der Waals surface area (Å²) < 4.78 is 10.8. The van der Waals surface area contributed by atoms with Gasteiger partial charge in [-0.2, -0.15) is 0 Å². The minimum absolute atomic E-state index is 0.125. The molecule has 0 spiro atoms. The van der Waals surface area contributed by atoms with E-state index in [1.54, 1.807) is 0 Å². The predicted molar refractivity (Wildman–Crippen MR) is 95.8 cm³/mol. The van der Waals surface area contributed by atoms with Crippen molar-refractivity contribution in [3.63, 3.8) is 0 Å². The summed E-state index contributed by atoms with van der Waals surface area (Å²) in [6, 6.07) is 0. The molecule has 0 bridgehead atoms. The van der Waals surface area contributed by atoms with E-state index in [0.717, 1.165) is 11.8 Å². The summed E-state index contributed by atoms with van der Waals surface area (Å²) in [5, 5.41) is 15.2.